The van der Waals surface area contributed by atoms with E-state index in [1.54, 1.807) is 13.8 Å². The molecule has 1 aliphatic rings. The molecule has 1 fully saturated rings. The van der Waals surface area contributed by atoms with Crippen LogP contribution in [0.15, 0.2) is 0 Å². The average Bonchev–Trinajstić information content (AvgIpc) is 3.06. The SMILES string of the molecule is CCC(C)(C)C(=O)OCCOC(=O)CCC(=O)OC1(C(C)C)CCCC1. The molecule has 0 unspecified atom stereocenters. The lowest BCUT2D eigenvalue weighted by molar-refractivity contribution is -0.166. The smallest absolute Gasteiger partial charge is 0.311 e. The number of carbonyl (C=O) groups is 3. The summed E-state index contributed by atoms with van der Waals surface area (Å²) in [4.78, 5) is 35.6. The van der Waals surface area contributed by atoms with Crippen molar-refractivity contribution >= 4 is 17.9 Å². The second-order valence-electron chi connectivity index (χ2n) is 7.99. The molecule has 0 aromatic rings. The molecule has 1 saturated carbocycles. The first-order valence-electron chi connectivity index (χ1n) is 9.67. The van der Waals surface area contributed by atoms with Gasteiger partial charge in [-0.15, -0.1) is 0 Å². The highest BCUT2D eigenvalue weighted by Gasteiger charge is 2.40. The van der Waals surface area contributed by atoms with Crippen molar-refractivity contribution in [2.75, 3.05) is 13.2 Å². The van der Waals surface area contributed by atoms with Crippen LogP contribution in [-0.4, -0.2) is 36.7 Å². The van der Waals surface area contributed by atoms with E-state index in [4.69, 9.17) is 14.2 Å². The predicted octanol–water partition coefficient (Wildman–Crippen LogP) is 3.80. The van der Waals surface area contributed by atoms with Crippen LogP contribution in [0, 0.1) is 11.3 Å². The third kappa shape index (κ3) is 6.61. The number of rotatable bonds is 10. The Hall–Kier alpha value is -1.59. The summed E-state index contributed by atoms with van der Waals surface area (Å²) in [7, 11) is 0. The first-order valence-corrected chi connectivity index (χ1v) is 9.67. The fourth-order valence-electron chi connectivity index (χ4n) is 2.95. The molecule has 0 bridgehead atoms. The van der Waals surface area contributed by atoms with Gasteiger partial charge in [-0.25, -0.2) is 0 Å². The molecule has 150 valence electrons. The van der Waals surface area contributed by atoms with Crippen molar-refractivity contribution in [3.63, 3.8) is 0 Å². The van der Waals surface area contributed by atoms with Gasteiger partial charge in [0.2, 0.25) is 0 Å². The highest BCUT2D eigenvalue weighted by atomic mass is 16.6. The zero-order chi connectivity index (χ0) is 19.8. The van der Waals surface area contributed by atoms with Gasteiger partial charge in [0.25, 0.3) is 0 Å². The topological polar surface area (TPSA) is 78.9 Å². The Balaban J connectivity index is 2.24. The number of hydrogen-bond donors (Lipinski definition) is 0. The molecule has 6 nitrogen and oxygen atoms in total. The molecule has 0 aliphatic heterocycles. The molecule has 0 saturated heterocycles. The molecular formula is C20H34O6. The van der Waals surface area contributed by atoms with Gasteiger partial charge in [-0.05, 0) is 51.9 Å². The molecule has 0 radical (unpaired) electrons. The van der Waals surface area contributed by atoms with Crippen molar-refractivity contribution in [2.45, 2.75) is 85.2 Å². The maximum Gasteiger partial charge on any atom is 0.311 e. The third-order valence-electron chi connectivity index (χ3n) is 5.37. The maximum absolute atomic E-state index is 12.1. The van der Waals surface area contributed by atoms with Crippen molar-refractivity contribution in [1.29, 1.82) is 0 Å². The van der Waals surface area contributed by atoms with E-state index in [1.807, 2.05) is 6.92 Å². The van der Waals surface area contributed by atoms with E-state index in [-0.39, 0.29) is 49.5 Å². The highest BCUT2D eigenvalue weighted by Crippen LogP contribution is 2.39. The van der Waals surface area contributed by atoms with Crippen LogP contribution in [0.4, 0.5) is 0 Å². The summed E-state index contributed by atoms with van der Waals surface area (Å²) in [5.74, 6) is -0.885. The van der Waals surface area contributed by atoms with E-state index in [0.29, 0.717) is 6.42 Å². The van der Waals surface area contributed by atoms with E-state index in [9.17, 15) is 14.4 Å². The minimum atomic E-state index is -0.541. The zero-order valence-electron chi connectivity index (χ0n) is 16.9. The second-order valence-corrected chi connectivity index (χ2v) is 7.99. The van der Waals surface area contributed by atoms with E-state index >= 15 is 0 Å². The molecule has 0 amide bonds. The standard InChI is InChI=1S/C20H34O6/c1-6-19(4,5)18(23)25-14-13-24-16(21)9-10-17(22)26-20(15(2)3)11-7-8-12-20/h15H,6-14H2,1-5H3. The van der Waals surface area contributed by atoms with Gasteiger partial charge in [-0.1, -0.05) is 20.8 Å². The monoisotopic (exact) mass is 370 g/mol. The Morgan fingerprint density at radius 3 is 2.04 bits per heavy atom. The van der Waals surface area contributed by atoms with Crippen LogP contribution in [0.5, 0.6) is 0 Å². The van der Waals surface area contributed by atoms with Gasteiger partial charge in [-0.3, -0.25) is 14.4 Å². The van der Waals surface area contributed by atoms with Crippen LogP contribution < -0.4 is 0 Å². The minimum absolute atomic E-state index is 0.00462. The summed E-state index contributed by atoms with van der Waals surface area (Å²) in [6.45, 7) is 9.67. The molecule has 0 atom stereocenters. The Morgan fingerprint density at radius 1 is 0.962 bits per heavy atom. The van der Waals surface area contributed by atoms with Crippen molar-refractivity contribution in [1.82, 2.24) is 0 Å². The summed E-state index contributed by atoms with van der Waals surface area (Å²) < 4.78 is 15.8. The minimum Gasteiger partial charge on any atom is -0.462 e. The zero-order valence-corrected chi connectivity index (χ0v) is 16.9. The molecule has 26 heavy (non-hydrogen) atoms. The second kappa shape index (κ2) is 9.93. The largest absolute Gasteiger partial charge is 0.462 e. The number of esters is 3. The third-order valence-corrected chi connectivity index (χ3v) is 5.37. The number of ether oxygens (including phenoxy) is 3. The Bertz CT molecular complexity index is 489. The molecular weight excluding hydrogens is 336 g/mol. The maximum atomic E-state index is 12.1. The number of hydrogen-bond acceptors (Lipinski definition) is 6. The fraction of sp³-hybridized carbons (Fsp3) is 0.850. The van der Waals surface area contributed by atoms with E-state index in [1.165, 1.54) is 0 Å². The molecule has 0 aromatic carbocycles. The summed E-state index contributed by atoms with van der Waals surface area (Å²) in [5, 5.41) is 0. The van der Waals surface area contributed by atoms with E-state index in [0.717, 1.165) is 25.7 Å². The van der Waals surface area contributed by atoms with Gasteiger partial charge in [-0.2, -0.15) is 0 Å². The first kappa shape index (κ1) is 22.5. The Kier molecular flexibility index (Phi) is 8.57. The highest BCUT2D eigenvalue weighted by molar-refractivity contribution is 5.78. The first-order chi connectivity index (χ1) is 12.1. The molecule has 1 rings (SSSR count). The summed E-state index contributed by atoms with van der Waals surface area (Å²) >= 11 is 0. The van der Waals surface area contributed by atoms with E-state index in [2.05, 4.69) is 13.8 Å². The van der Waals surface area contributed by atoms with Gasteiger partial charge >= 0.3 is 17.9 Å². The van der Waals surface area contributed by atoms with Crippen molar-refractivity contribution < 1.29 is 28.6 Å². The van der Waals surface area contributed by atoms with E-state index < -0.39 is 11.4 Å². The van der Waals surface area contributed by atoms with Crippen LogP contribution in [-0.2, 0) is 28.6 Å². The average molecular weight is 370 g/mol. The van der Waals surface area contributed by atoms with Gasteiger partial charge < -0.3 is 14.2 Å². The molecule has 0 spiro atoms. The lowest BCUT2D eigenvalue weighted by atomic mass is 9.88. The Labute approximate surface area is 156 Å². The van der Waals surface area contributed by atoms with Crippen LogP contribution >= 0.6 is 0 Å². The van der Waals surface area contributed by atoms with Crippen LogP contribution in [0.3, 0.4) is 0 Å². The van der Waals surface area contributed by atoms with Crippen molar-refractivity contribution in [3.05, 3.63) is 0 Å². The lowest BCUT2D eigenvalue weighted by Crippen LogP contribution is -2.37. The molecule has 1 aliphatic carbocycles. The van der Waals surface area contributed by atoms with Gasteiger partial charge in [0.05, 0.1) is 18.3 Å². The summed E-state index contributed by atoms with van der Waals surface area (Å²) in [6.07, 6.45) is 4.58. The van der Waals surface area contributed by atoms with Gasteiger partial charge in [0, 0.05) is 0 Å². The molecule has 0 N–H and O–H groups in total. The number of carbonyl (C=O) groups excluding carboxylic acids is 3. The lowest BCUT2D eigenvalue weighted by Gasteiger charge is -2.33. The molecule has 0 aromatic heterocycles. The summed E-state index contributed by atoms with van der Waals surface area (Å²) in [5.41, 5.74) is -0.915. The van der Waals surface area contributed by atoms with Crippen LogP contribution in [0.2, 0.25) is 0 Å². The molecule has 6 heteroatoms. The summed E-state index contributed by atoms with van der Waals surface area (Å²) in [6, 6.07) is 0. The Morgan fingerprint density at radius 2 is 1.50 bits per heavy atom. The van der Waals surface area contributed by atoms with Crippen LogP contribution in [0.1, 0.15) is 79.6 Å². The van der Waals surface area contributed by atoms with Gasteiger partial charge in [0.15, 0.2) is 0 Å². The molecule has 0 heterocycles. The fourth-order valence-corrected chi connectivity index (χ4v) is 2.95. The van der Waals surface area contributed by atoms with Crippen molar-refractivity contribution in [2.24, 2.45) is 11.3 Å². The van der Waals surface area contributed by atoms with Crippen molar-refractivity contribution in [3.8, 4) is 0 Å². The predicted molar refractivity (Wildman–Crippen MR) is 97.4 cm³/mol. The quantitative estimate of drug-likeness (QED) is 0.331. The normalized spacial score (nSPS) is 16.4. The van der Waals surface area contributed by atoms with Gasteiger partial charge in [0.1, 0.15) is 18.8 Å². The van der Waals surface area contributed by atoms with Crippen LogP contribution in [0.25, 0.3) is 0 Å².